The monoisotopic (exact) mass is 380 g/mol. The van der Waals surface area contributed by atoms with Crippen LogP contribution in [0.5, 0.6) is 5.88 Å². The average molecular weight is 380 g/mol. The van der Waals surface area contributed by atoms with E-state index >= 15 is 0 Å². The molecule has 0 fully saturated rings. The zero-order valence-electron chi connectivity index (χ0n) is 15.0. The van der Waals surface area contributed by atoms with E-state index in [2.05, 4.69) is 44.5 Å². The summed E-state index contributed by atoms with van der Waals surface area (Å²) in [6.45, 7) is 2.75. The highest BCUT2D eigenvalue weighted by atomic mass is 32.1. The van der Waals surface area contributed by atoms with E-state index in [1.807, 2.05) is 6.07 Å². The van der Waals surface area contributed by atoms with Crippen molar-refractivity contribution >= 4 is 22.4 Å². The Labute approximate surface area is 161 Å². The van der Waals surface area contributed by atoms with Crippen LogP contribution in [-0.4, -0.2) is 34.4 Å². The van der Waals surface area contributed by atoms with E-state index in [0.29, 0.717) is 16.6 Å². The van der Waals surface area contributed by atoms with Crippen molar-refractivity contribution in [3.05, 3.63) is 70.4 Å². The minimum absolute atomic E-state index is 0.257. The third-order valence-electron chi connectivity index (χ3n) is 4.49. The molecule has 0 radical (unpaired) electrons. The van der Waals surface area contributed by atoms with Gasteiger partial charge in [-0.05, 0) is 17.7 Å². The van der Waals surface area contributed by atoms with Crippen LogP contribution in [0.2, 0.25) is 0 Å². The summed E-state index contributed by atoms with van der Waals surface area (Å²) >= 11 is 1.54. The van der Waals surface area contributed by atoms with Crippen molar-refractivity contribution in [2.45, 2.75) is 19.5 Å². The number of rotatable bonds is 5. The van der Waals surface area contributed by atoms with Gasteiger partial charge in [0, 0.05) is 37.1 Å². The number of aromatic nitrogens is 2. The number of benzene rings is 1. The molecule has 0 unspecified atom stereocenters. The molecule has 1 aliphatic rings. The van der Waals surface area contributed by atoms with E-state index in [9.17, 15) is 4.79 Å². The molecule has 138 valence electrons. The van der Waals surface area contributed by atoms with Crippen molar-refractivity contribution in [1.82, 2.24) is 14.9 Å². The number of amides is 1. The van der Waals surface area contributed by atoms with Gasteiger partial charge in [-0.2, -0.15) is 0 Å². The lowest BCUT2D eigenvalue weighted by Gasteiger charge is -2.25. The number of hydrogen-bond donors (Lipinski definition) is 1. The molecular weight excluding hydrogens is 360 g/mol. The van der Waals surface area contributed by atoms with Gasteiger partial charge < -0.3 is 4.74 Å². The van der Waals surface area contributed by atoms with Crippen LogP contribution in [0.15, 0.2) is 48.7 Å². The first-order valence-corrected chi connectivity index (χ1v) is 9.60. The Bertz CT molecular complexity index is 942. The van der Waals surface area contributed by atoms with E-state index in [-0.39, 0.29) is 5.91 Å². The fourth-order valence-corrected chi connectivity index (χ4v) is 4.21. The predicted molar refractivity (Wildman–Crippen MR) is 105 cm³/mol. The van der Waals surface area contributed by atoms with E-state index in [1.54, 1.807) is 29.7 Å². The number of nitrogens with zero attached hydrogens (tertiary/aromatic N) is 3. The third-order valence-corrected chi connectivity index (χ3v) is 5.49. The van der Waals surface area contributed by atoms with Crippen LogP contribution in [0, 0.1) is 0 Å². The first-order chi connectivity index (χ1) is 13.2. The molecule has 0 bridgehead atoms. The molecule has 1 aromatic carbocycles. The highest BCUT2D eigenvalue weighted by Gasteiger charge is 2.22. The molecule has 1 N–H and O–H groups in total. The third kappa shape index (κ3) is 3.99. The number of anilines is 1. The number of thiazole rings is 1. The van der Waals surface area contributed by atoms with Crippen molar-refractivity contribution in [1.29, 1.82) is 0 Å². The highest BCUT2D eigenvalue weighted by molar-refractivity contribution is 7.15. The molecule has 0 saturated heterocycles. The molecule has 27 heavy (non-hydrogen) atoms. The lowest BCUT2D eigenvalue weighted by atomic mass is 10.1. The van der Waals surface area contributed by atoms with Gasteiger partial charge in [0.1, 0.15) is 5.56 Å². The largest absolute Gasteiger partial charge is 0.480 e. The molecule has 0 aliphatic carbocycles. The van der Waals surface area contributed by atoms with Crippen molar-refractivity contribution in [2.75, 3.05) is 19.0 Å². The first kappa shape index (κ1) is 17.6. The Balaban J connectivity index is 1.45. The number of ether oxygens (including phenoxy) is 1. The van der Waals surface area contributed by atoms with Gasteiger partial charge in [-0.25, -0.2) is 9.97 Å². The summed E-state index contributed by atoms with van der Waals surface area (Å²) in [6.07, 6.45) is 2.49. The van der Waals surface area contributed by atoms with Crippen LogP contribution in [0.25, 0.3) is 0 Å². The molecular formula is C20H20N4O2S. The maximum Gasteiger partial charge on any atom is 0.262 e. The topological polar surface area (TPSA) is 67.3 Å². The molecule has 1 aliphatic heterocycles. The molecule has 2 aromatic heterocycles. The van der Waals surface area contributed by atoms with Gasteiger partial charge >= 0.3 is 0 Å². The first-order valence-electron chi connectivity index (χ1n) is 8.78. The van der Waals surface area contributed by atoms with E-state index in [4.69, 9.17) is 4.74 Å². The molecule has 1 amide bonds. The summed E-state index contributed by atoms with van der Waals surface area (Å²) in [5.74, 6) is 0.0533. The van der Waals surface area contributed by atoms with Crippen LogP contribution in [0.4, 0.5) is 5.13 Å². The van der Waals surface area contributed by atoms with E-state index in [1.165, 1.54) is 17.6 Å². The van der Waals surface area contributed by atoms with Crippen molar-refractivity contribution < 1.29 is 9.53 Å². The predicted octanol–water partition coefficient (Wildman–Crippen LogP) is 3.36. The van der Waals surface area contributed by atoms with Gasteiger partial charge in [-0.3, -0.25) is 15.0 Å². The molecule has 7 heteroatoms. The number of fused-ring (bicyclic) bond motifs is 1. The minimum atomic E-state index is -0.257. The Morgan fingerprint density at radius 3 is 2.93 bits per heavy atom. The fraction of sp³-hybridized carbons (Fsp3) is 0.250. The van der Waals surface area contributed by atoms with E-state index in [0.717, 1.165) is 31.7 Å². The van der Waals surface area contributed by atoms with Crippen LogP contribution in [0.1, 0.15) is 26.5 Å². The second-order valence-corrected chi connectivity index (χ2v) is 7.43. The van der Waals surface area contributed by atoms with Crippen LogP contribution in [-0.2, 0) is 19.5 Å². The van der Waals surface area contributed by atoms with Crippen LogP contribution >= 0.6 is 11.3 Å². The molecule has 3 heterocycles. The number of nitrogens with one attached hydrogen (secondary N) is 1. The Morgan fingerprint density at radius 2 is 2.11 bits per heavy atom. The fourth-order valence-electron chi connectivity index (χ4n) is 3.17. The number of hydrogen-bond acceptors (Lipinski definition) is 6. The minimum Gasteiger partial charge on any atom is -0.480 e. The van der Waals surface area contributed by atoms with Gasteiger partial charge in [0.05, 0.1) is 12.8 Å². The van der Waals surface area contributed by atoms with E-state index < -0.39 is 0 Å². The number of methoxy groups -OCH3 is 1. The van der Waals surface area contributed by atoms with Crippen molar-refractivity contribution in [3.63, 3.8) is 0 Å². The lowest BCUT2D eigenvalue weighted by Crippen LogP contribution is -2.29. The normalized spacial score (nSPS) is 13.8. The smallest absolute Gasteiger partial charge is 0.262 e. The zero-order valence-corrected chi connectivity index (χ0v) is 15.8. The van der Waals surface area contributed by atoms with Crippen molar-refractivity contribution in [3.8, 4) is 5.88 Å². The van der Waals surface area contributed by atoms with Gasteiger partial charge in [-0.1, -0.05) is 30.3 Å². The molecule has 3 aromatic rings. The van der Waals surface area contributed by atoms with Crippen molar-refractivity contribution in [2.24, 2.45) is 0 Å². The molecule has 0 atom stereocenters. The summed E-state index contributed by atoms with van der Waals surface area (Å²) in [5, 5.41) is 3.51. The molecule has 0 saturated carbocycles. The molecule has 6 nitrogen and oxygen atoms in total. The summed E-state index contributed by atoms with van der Waals surface area (Å²) in [5.41, 5.74) is 2.79. The second kappa shape index (κ2) is 7.85. The Hall–Kier alpha value is -2.77. The summed E-state index contributed by atoms with van der Waals surface area (Å²) < 4.78 is 5.16. The highest BCUT2D eigenvalue weighted by Crippen LogP contribution is 2.29. The summed E-state index contributed by atoms with van der Waals surface area (Å²) in [4.78, 5) is 24.8. The summed E-state index contributed by atoms with van der Waals surface area (Å²) in [7, 11) is 1.50. The standard InChI is InChI=1S/C20H20N4O2S/c1-26-19-15(8-5-10-21-19)18(25)23-20-22-16-9-11-24(13-17(16)27-20)12-14-6-3-2-4-7-14/h2-8,10H,9,11-13H2,1H3,(H,22,23,25). The Morgan fingerprint density at radius 1 is 1.26 bits per heavy atom. The van der Waals surface area contributed by atoms with Gasteiger partial charge in [0.25, 0.3) is 5.91 Å². The van der Waals surface area contributed by atoms with Crippen LogP contribution < -0.4 is 10.1 Å². The summed E-state index contributed by atoms with van der Waals surface area (Å²) in [6, 6.07) is 13.9. The number of carbonyl (C=O) groups is 1. The number of carbonyl (C=O) groups excluding carboxylic acids is 1. The average Bonchev–Trinajstić information content (AvgIpc) is 3.10. The number of pyridine rings is 1. The molecule has 0 spiro atoms. The van der Waals surface area contributed by atoms with Crippen LogP contribution in [0.3, 0.4) is 0 Å². The van der Waals surface area contributed by atoms with Gasteiger partial charge in [0.2, 0.25) is 5.88 Å². The second-order valence-electron chi connectivity index (χ2n) is 6.35. The quantitative estimate of drug-likeness (QED) is 0.735. The maximum atomic E-state index is 12.5. The Kier molecular flexibility index (Phi) is 5.13. The molecule has 4 rings (SSSR count). The SMILES string of the molecule is COc1ncccc1C(=O)Nc1nc2c(s1)CN(Cc1ccccc1)CC2. The zero-order chi connectivity index (χ0) is 18.6. The van der Waals surface area contributed by atoms with Gasteiger partial charge in [0.15, 0.2) is 5.13 Å². The van der Waals surface area contributed by atoms with Gasteiger partial charge in [-0.15, -0.1) is 11.3 Å². The lowest BCUT2D eigenvalue weighted by molar-refractivity contribution is 0.102. The maximum absolute atomic E-state index is 12.5.